The maximum Gasteiger partial charge on any atom is 0.123 e. The standard InChI is InChI=1S/C12H16FN/c1-2-12(7-10(12)8-14)9-3-5-11(13)6-4-9/h3-6,10H,2,7-8,14H2,1H3/t10-,12?/m0/s1. The van der Waals surface area contributed by atoms with Crippen LogP contribution in [0.3, 0.4) is 0 Å². The van der Waals surface area contributed by atoms with Gasteiger partial charge in [0.05, 0.1) is 0 Å². The van der Waals surface area contributed by atoms with Crippen molar-refractivity contribution in [1.29, 1.82) is 0 Å². The quantitative estimate of drug-likeness (QED) is 0.784. The fourth-order valence-corrected chi connectivity index (χ4v) is 2.46. The zero-order valence-electron chi connectivity index (χ0n) is 8.46. The van der Waals surface area contributed by atoms with Crippen molar-refractivity contribution in [2.24, 2.45) is 11.7 Å². The van der Waals surface area contributed by atoms with E-state index in [0.717, 1.165) is 19.4 Å². The Morgan fingerprint density at radius 1 is 1.43 bits per heavy atom. The van der Waals surface area contributed by atoms with Gasteiger partial charge in [0.1, 0.15) is 5.82 Å². The third-order valence-corrected chi connectivity index (χ3v) is 3.57. The Morgan fingerprint density at radius 2 is 2.07 bits per heavy atom. The molecule has 0 spiro atoms. The van der Waals surface area contributed by atoms with Crippen molar-refractivity contribution in [1.82, 2.24) is 0 Å². The van der Waals surface area contributed by atoms with E-state index in [9.17, 15) is 4.39 Å². The second kappa shape index (κ2) is 3.35. The van der Waals surface area contributed by atoms with Crippen LogP contribution in [0.15, 0.2) is 24.3 Å². The maximum absolute atomic E-state index is 12.8. The number of halogens is 1. The Hall–Kier alpha value is -0.890. The highest BCUT2D eigenvalue weighted by Gasteiger charge is 2.52. The summed E-state index contributed by atoms with van der Waals surface area (Å²) in [6, 6.07) is 6.88. The lowest BCUT2D eigenvalue weighted by molar-refractivity contribution is 0.581. The van der Waals surface area contributed by atoms with Gasteiger partial charge in [0.2, 0.25) is 0 Å². The van der Waals surface area contributed by atoms with Crippen LogP contribution in [0.2, 0.25) is 0 Å². The summed E-state index contributed by atoms with van der Waals surface area (Å²) in [7, 11) is 0. The lowest BCUT2D eigenvalue weighted by Crippen LogP contribution is -2.14. The van der Waals surface area contributed by atoms with Crippen LogP contribution in [0.1, 0.15) is 25.3 Å². The molecule has 1 unspecified atom stereocenters. The Bertz CT molecular complexity index is 320. The predicted molar refractivity (Wildman–Crippen MR) is 55.5 cm³/mol. The van der Waals surface area contributed by atoms with Gasteiger partial charge in [0.15, 0.2) is 0 Å². The zero-order valence-corrected chi connectivity index (χ0v) is 8.46. The fourth-order valence-electron chi connectivity index (χ4n) is 2.46. The van der Waals surface area contributed by atoms with Crippen LogP contribution in [0, 0.1) is 11.7 Å². The van der Waals surface area contributed by atoms with Gasteiger partial charge in [-0.1, -0.05) is 19.1 Å². The summed E-state index contributed by atoms with van der Waals surface area (Å²) >= 11 is 0. The summed E-state index contributed by atoms with van der Waals surface area (Å²) in [6.45, 7) is 2.92. The van der Waals surface area contributed by atoms with Gasteiger partial charge in [-0.15, -0.1) is 0 Å². The molecule has 0 heterocycles. The Labute approximate surface area is 84.1 Å². The molecule has 0 amide bonds. The van der Waals surface area contributed by atoms with Crippen molar-refractivity contribution in [3.63, 3.8) is 0 Å². The van der Waals surface area contributed by atoms with Crippen molar-refractivity contribution >= 4 is 0 Å². The van der Waals surface area contributed by atoms with E-state index in [1.54, 1.807) is 12.1 Å². The number of nitrogens with two attached hydrogens (primary N) is 1. The van der Waals surface area contributed by atoms with Crippen molar-refractivity contribution in [2.45, 2.75) is 25.2 Å². The first-order valence-electron chi connectivity index (χ1n) is 5.19. The molecule has 1 aromatic carbocycles. The minimum atomic E-state index is -0.162. The molecule has 0 radical (unpaired) electrons. The number of hydrogen-bond donors (Lipinski definition) is 1. The summed E-state index contributed by atoms with van der Waals surface area (Å²) in [6.07, 6.45) is 2.26. The summed E-state index contributed by atoms with van der Waals surface area (Å²) in [5, 5.41) is 0. The molecule has 2 rings (SSSR count). The molecule has 2 heteroatoms. The maximum atomic E-state index is 12.8. The molecule has 0 bridgehead atoms. The number of rotatable bonds is 3. The van der Waals surface area contributed by atoms with Gasteiger partial charge in [0, 0.05) is 0 Å². The Balaban J connectivity index is 2.26. The minimum Gasteiger partial charge on any atom is -0.330 e. The Morgan fingerprint density at radius 3 is 2.50 bits per heavy atom. The largest absolute Gasteiger partial charge is 0.330 e. The van der Waals surface area contributed by atoms with E-state index in [4.69, 9.17) is 5.73 Å². The second-order valence-corrected chi connectivity index (χ2v) is 4.15. The van der Waals surface area contributed by atoms with Crippen LogP contribution in [-0.2, 0) is 5.41 Å². The first kappa shape index (κ1) is 9.66. The number of hydrogen-bond acceptors (Lipinski definition) is 1. The highest BCUT2D eigenvalue weighted by Crippen LogP contribution is 2.56. The first-order chi connectivity index (χ1) is 6.73. The van der Waals surface area contributed by atoms with Gasteiger partial charge < -0.3 is 5.73 Å². The van der Waals surface area contributed by atoms with Gasteiger partial charge >= 0.3 is 0 Å². The van der Waals surface area contributed by atoms with Crippen LogP contribution < -0.4 is 5.73 Å². The van der Waals surface area contributed by atoms with E-state index in [1.165, 1.54) is 5.56 Å². The lowest BCUT2D eigenvalue weighted by atomic mass is 9.90. The molecule has 1 saturated carbocycles. The molecule has 76 valence electrons. The van der Waals surface area contributed by atoms with E-state index < -0.39 is 0 Å². The third kappa shape index (κ3) is 1.34. The van der Waals surface area contributed by atoms with Crippen molar-refractivity contribution in [3.8, 4) is 0 Å². The molecular weight excluding hydrogens is 177 g/mol. The van der Waals surface area contributed by atoms with Crippen LogP contribution >= 0.6 is 0 Å². The molecule has 1 aromatic rings. The molecule has 1 nitrogen and oxygen atoms in total. The van der Waals surface area contributed by atoms with Crippen molar-refractivity contribution in [3.05, 3.63) is 35.6 Å². The van der Waals surface area contributed by atoms with Gasteiger partial charge in [0.25, 0.3) is 0 Å². The van der Waals surface area contributed by atoms with Gasteiger partial charge in [-0.3, -0.25) is 0 Å². The summed E-state index contributed by atoms with van der Waals surface area (Å²) < 4.78 is 12.8. The Kier molecular flexibility index (Phi) is 2.31. The van der Waals surface area contributed by atoms with Gasteiger partial charge in [-0.2, -0.15) is 0 Å². The molecule has 0 aromatic heterocycles. The average molecular weight is 193 g/mol. The molecular formula is C12H16FN. The van der Waals surface area contributed by atoms with Gasteiger partial charge in [-0.25, -0.2) is 4.39 Å². The highest BCUT2D eigenvalue weighted by molar-refractivity contribution is 5.33. The molecule has 14 heavy (non-hydrogen) atoms. The van der Waals surface area contributed by atoms with E-state index in [0.29, 0.717) is 5.92 Å². The molecule has 1 aliphatic carbocycles. The van der Waals surface area contributed by atoms with E-state index in [2.05, 4.69) is 6.92 Å². The topological polar surface area (TPSA) is 26.0 Å². The minimum absolute atomic E-state index is 0.162. The average Bonchev–Trinajstić information content (AvgIpc) is 2.94. The third-order valence-electron chi connectivity index (χ3n) is 3.57. The van der Waals surface area contributed by atoms with Crippen LogP contribution in [0.5, 0.6) is 0 Å². The molecule has 2 N–H and O–H groups in total. The van der Waals surface area contributed by atoms with Crippen LogP contribution in [0.25, 0.3) is 0 Å². The van der Waals surface area contributed by atoms with Crippen molar-refractivity contribution in [2.75, 3.05) is 6.54 Å². The van der Waals surface area contributed by atoms with Crippen LogP contribution in [0.4, 0.5) is 4.39 Å². The second-order valence-electron chi connectivity index (χ2n) is 4.15. The smallest absolute Gasteiger partial charge is 0.123 e. The monoisotopic (exact) mass is 193 g/mol. The summed E-state index contributed by atoms with van der Waals surface area (Å²) in [5.41, 5.74) is 7.18. The highest BCUT2D eigenvalue weighted by atomic mass is 19.1. The first-order valence-corrected chi connectivity index (χ1v) is 5.19. The summed E-state index contributed by atoms with van der Waals surface area (Å²) in [4.78, 5) is 0. The summed E-state index contributed by atoms with van der Waals surface area (Å²) in [5.74, 6) is 0.433. The predicted octanol–water partition coefficient (Wildman–Crippen LogP) is 2.45. The normalized spacial score (nSPS) is 30.4. The van der Waals surface area contributed by atoms with Gasteiger partial charge in [-0.05, 0) is 48.4 Å². The SMILES string of the molecule is CCC1(c2ccc(F)cc2)C[C@H]1CN. The molecule has 1 fully saturated rings. The van der Waals surface area contributed by atoms with E-state index in [1.807, 2.05) is 12.1 Å². The van der Waals surface area contributed by atoms with E-state index >= 15 is 0 Å². The molecule has 2 atom stereocenters. The molecule has 0 aliphatic heterocycles. The number of benzene rings is 1. The molecule has 0 saturated heterocycles. The zero-order chi connectivity index (χ0) is 10.2. The van der Waals surface area contributed by atoms with Crippen molar-refractivity contribution < 1.29 is 4.39 Å². The van der Waals surface area contributed by atoms with Crippen LogP contribution in [-0.4, -0.2) is 6.54 Å². The lowest BCUT2D eigenvalue weighted by Gasteiger charge is -2.15. The van der Waals surface area contributed by atoms with E-state index in [-0.39, 0.29) is 11.2 Å². The molecule has 1 aliphatic rings. The fraction of sp³-hybridized carbons (Fsp3) is 0.500.